The summed E-state index contributed by atoms with van der Waals surface area (Å²) in [5, 5.41) is 14.0. The van der Waals surface area contributed by atoms with Gasteiger partial charge in [0.15, 0.2) is 0 Å². The number of amides is 2. The standard InChI is InChI=1S/C14H20N2O3/c1-3-12(9-17)16-14(19)13(18)15-8-11-6-4-5-10(2)7-11/h4-7,12,17H,3,8-9H2,1-2H3,(H,15,18)(H,16,19)/t12-/m1/s1. The molecular formula is C14H20N2O3. The van der Waals surface area contributed by atoms with Crippen molar-refractivity contribution in [3.8, 4) is 0 Å². The Morgan fingerprint density at radius 2 is 2.05 bits per heavy atom. The number of carbonyl (C=O) groups is 2. The van der Waals surface area contributed by atoms with E-state index in [0.29, 0.717) is 13.0 Å². The molecule has 0 aliphatic carbocycles. The molecule has 1 atom stereocenters. The van der Waals surface area contributed by atoms with Crippen LogP contribution in [0, 0.1) is 6.92 Å². The lowest BCUT2D eigenvalue weighted by atomic mass is 10.1. The summed E-state index contributed by atoms with van der Waals surface area (Å²) in [4.78, 5) is 23.1. The van der Waals surface area contributed by atoms with Gasteiger partial charge in [-0.2, -0.15) is 0 Å². The van der Waals surface area contributed by atoms with Crippen LogP contribution in [0.15, 0.2) is 24.3 Å². The second kappa shape index (κ2) is 7.53. The molecule has 0 unspecified atom stereocenters. The molecule has 0 heterocycles. The van der Waals surface area contributed by atoms with Crippen LogP contribution in [-0.4, -0.2) is 29.6 Å². The van der Waals surface area contributed by atoms with Crippen molar-refractivity contribution in [2.45, 2.75) is 32.9 Å². The molecule has 2 amide bonds. The number of hydrogen-bond donors (Lipinski definition) is 3. The quantitative estimate of drug-likeness (QED) is 0.678. The fourth-order valence-corrected chi connectivity index (χ4v) is 1.61. The largest absolute Gasteiger partial charge is 0.394 e. The number of aryl methyl sites for hydroxylation is 1. The molecule has 0 saturated heterocycles. The number of benzene rings is 1. The molecule has 0 fully saturated rings. The normalized spacial score (nSPS) is 11.7. The Kier molecular flexibility index (Phi) is 6.02. The molecule has 0 aliphatic rings. The van der Waals surface area contributed by atoms with Crippen LogP contribution < -0.4 is 10.6 Å². The van der Waals surface area contributed by atoms with Crippen LogP contribution in [0.25, 0.3) is 0 Å². The lowest BCUT2D eigenvalue weighted by Crippen LogP contribution is -2.45. The average molecular weight is 264 g/mol. The highest BCUT2D eigenvalue weighted by Gasteiger charge is 2.16. The first-order chi connectivity index (χ1) is 9.06. The van der Waals surface area contributed by atoms with Crippen LogP contribution >= 0.6 is 0 Å². The fourth-order valence-electron chi connectivity index (χ4n) is 1.61. The van der Waals surface area contributed by atoms with Gasteiger partial charge in [0.2, 0.25) is 0 Å². The average Bonchev–Trinajstić information content (AvgIpc) is 2.41. The van der Waals surface area contributed by atoms with E-state index in [9.17, 15) is 9.59 Å². The molecule has 0 radical (unpaired) electrons. The van der Waals surface area contributed by atoms with Gasteiger partial charge in [-0.15, -0.1) is 0 Å². The zero-order chi connectivity index (χ0) is 14.3. The Hall–Kier alpha value is -1.88. The summed E-state index contributed by atoms with van der Waals surface area (Å²) in [5.74, 6) is -1.40. The van der Waals surface area contributed by atoms with Crippen molar-refractivity contribution in [1.82, 2.24) is 10.6 Å². The topological polar surface area (TPSA) is 78.4 Å². The van der Waals surface area contributed by atoms with Gasteiger partial charge in [0.05, 0.1) is 12.6 Å². The fraction of sp³-hybridized carbons (Fsp3) is 0.429. The number of hydrogen-bond acceptors (Lipinski definition) is 3. The van der Waals surface area contributed by atoms with E-state index in [1.165, 1.54) is 0 Å². The molecule has 5 heteroatoms. The minimum absolute atomic E-state index is 0.173. The first-order valence-electron chi connectivity index (χ1n) is 6.32. The van der Waals surface area contributed by atoms with Gasteiger partial charge in [0, 0.05) is 6.54 Å². The second-order valence-electron chi connectivity index (χ2n) is 4.43. The number of aliphatic hydroxyl groups excluding tert-OH is 1. The molecule has 1 rings (SSSR count). The van der Waals surface area contributed by atoms with E-state index >= 15 is 0 Å². The van der Waals surface area contributed by atoms with Gasteiger partial charge in [0.1, 0.15) is 0 Å². The number of aliphatic hydroxyl groups is 1. The Morgan fingerprint density at radius 1 is 1.32 bits per heavy atom. The van der Waals surface area contributed by atoms with Crippen LogP contribution in [0.5, 0.6) is 0 Å². The third-order valence-corrected chi connectivity index (χ3v) is 2.79. The first kappa shape index (κ1) is 15.2. The Morgan fingerprint density at radius 3 is 2.63 bits per heavy atom. The minimum atomic E-state index is -0.714. The van der Waals surface area contributed by atoms with Gasteiger partial charge in [-0.05, 0) is 18.9 Å². The van der Waals surface area contributed by atoms with E-state index in [4.69, 9.17) is 5.11 Å². The van der Waals surface area contributed by atoms with E-state index < -0.39 is 11.8 Å². The third-order valence-electron chi connectivity index (χ3n) is 2.79. The highest BCUT2D eigenvalue weighted by atomic mass is 16.3. The highest BCUT2D eigenvalue weighted by Crippen LogP contribution is 2.03. The van der Waals surface area contributed by atoms with Gasteiger partial charge in [-0.3, -0.25) is 9.59 Å². The van der Waals surface area contributed by atoms with E-state index in [-0.39, 0.29) is 12.6 Å². The number of rotatable bonds is 5. The third kappa shape index (κ3) is 5.09. The zero-order valence-corrected chi connectivity index (χ0v) is 11.3. The molecule has 1 aromatic carbocycles. The smallest absolute Gasteiger partial charge is 0.309 e. The van der Waals surface area contributed by atoms with E-state index in [1.54, 1.807) is 0 Å². The summed E-state index contributed by atoms with van der Waals surface area (Å²) in [5.41, 5.74) is 2.04. The van der Waals surface area contributed by atoms with Gasteiger partial charge >= 0.3 is 11.8 Å². The zero-order valence-electron chi connectivity index (χ0n) is 11.3. The summed E-state index contributed by atoms with van der Waals surface area (Å²) in [6.45, 7) is 3.92. The number of nitrogens with one attached hydrogen (secondary N) is 2. The Labute approximate surface area is 113 Å². The van der Waals surface area contributed by atoms with Crippen molar-refractivity contribution in [2.24, 2.45) is 0 Å². The number of carbonyl (C=O) groups excluding carboxylic acids is 2. The molecule has 0 saturated carbocycles. The van der Waals surface area contributed by atoms with Crippen molar-refractivity contribution in [3.63, 3.8) is 0 Å². The lowest BCUT2D eigenvalue weighted by Gasteiger charge is -2.13. The molecule has 1 aromatic rings. The van der Waals surface area contributed by atoms with Gasteiger partial charge < -0.3 is 15.7 Å². The maximum Gasteiger partial charge on any atom is 0.309 e. The summed E-state index contributed by atoms with van der Waals surface area (Å²) in [6.07, 6.45) is 0.577. The van der Waals surface area contributed by atoms with Gasteiger partial charge in [-0.1, -0.05) is 36.8 Å². The summed E-state index contributed by atoms with van der Waals surface area (Å²) < 4.78 is 0. The van der Waals surface area contributed by atoms with Crippen molar-refractivity contribution < 1.29 is 14.7 Å². The van der Waals surface area contributed by atoms with Crippen LogP contribution in [0.2, 0.25) is 0 Å². The van der Waals surface area contributed by atoms with E-state index in [0.717, 1.165) is 11.1 Å². The molecule has 0 spiro atoms. The lowest BCUT2D eigenvalue weighted by molar-refractivity contribution is -0.139. The summed E-state index contributed by atoms with van der Waals surface area (Å²) in [7, 11) is 0. The van der Waals surface area contributed by atoms with Crippen LogP contribution in [-0.2, 0) is 16.1 Å². The predicted molar refractivity (Wildman–Crippen MR) is 72.3 cm³/mol. The molecule has 104 valence electrons. The molecule has 5 nitrogen and oxygen atoms in total. The molecule has 0 aromatic heterocycles. The second-order valence-corrected chi connectivity index (χ2v) is 4.43. The van der Waals surface area contributed by atoms with Crippen molar-refractivity contribution >= 4 is 11.8 Å². The Bertz CT molecular complexity index is 442. The van der Waals surface area contributed by atoms with Crippen LogP contribution in [0.4, 0.5) is 0 Å². The van der Waals surface area contributed by atoms with Gasteiger partial charge in [-0.25, -0.2) is 0 Å². The predicted octanol–water partition coefficient (Wildman–Crippen LogP) is 0.498. The van der Waals surface area contributed by atoms with Gasteiger partial charge in [0.25, 0.3) is 0 Å². The van der Waals surface area contributed by atoms with Crippen LogP contribution in [0.3, 0.4) is 0 Å². The molecule has 3 N–H and O–H groups in total. The maximum absolute atomic E-state index is 11.6. The summed E-state index contributed by atoms with van der Waals surface area (Å²) in [6, 6.07) is 7.31. The SMILES string of the molecule is CC[C@H](CO)NC(=O)C(=O)NCc1cccc(C)c1. The molecule has 0 aliphatic heterocycles. The van der Waals surface area contributed by atoms with Crippen molar-refractivity contribution in [3.05, 3.63) is 35.4 Å². The van der Waals surface area contributed by atoms with Crippen LogP contribution in [0.1, 0.15) is 24.5 Å². The molecule has 0 bridgehead atoms. The molecular weight excluding hydrogens is 244 g/mol. The van der Waals surface area contributed by atoms with Crippen molar-refractivity contribution in [2.75, 3.05) is 6.61 Å². The van der Waals surface area contributed by atoms with Crippen molar-refractivity contribution in [1.29, 1.82) is 0 Å². The summed E-state index contributed by atoms with van der Waals surface area (Å²) >= 11 is 0. The highest BCUT2D eigenvalue weighted by molar-refractivity contribution is 6.35. The minimum Gasteiger partial charge on any atom is -0.394 e. The maximum atomic E-state index is 11.6. The van der Waals surface area contributed by atoms with E-state index in [2.05, 4.69) is 10.6 Å². The first-order valence-corrected chi connectivity index (χ1v) is 6.32. The Balaban J connectivity index is 2.44. The monoisotopic (exact) mass is 264 g/mol. The molecule has 19 heavy (non-hydrogen) atoms. The van der Waals surface area contributed by atoms with E-state index in [1.807, 2.05) is 38.1 Å².